The summed E-state index contributed by atoms with van der Waals surface area (Å²) in [7, 11) is 1.44. The first kappa shape index (κ1) is 21.4. The van der Waals surface area contributed by atoms with Crippen LogP contribution in [0.2, 0.25) is 0 Å². The van der Waals surface area contributed by atoms with Gasteiger partial charge in [0.05, 0.1) is 0 Å². The van der Waals surface area contributed by atoms with E-state index < -0.39 is 18.1 Å². The molecule has 0 saturated carbocycles. The van der Waals surface area contributed by atoms with Gasteiger partial charge >= 0.3 is 12.1 Å². The smallest absolute Gasteiger partial charge is 0.410 e. The highest BCUT2D eigenvalue weighted by Gasteiger charge is 2.32. The Labute approximate surface area is 186 Å². The average molecular weight is 431 g/mol. The minimum atomic E-state index is -1.12. The van der Waals surface area contributed by atoms with E-state index in [1.54, 1.807) is 19.1 Å². The van der Waals surface area contributed by atoms with Crippen LogP contribution in [0.15, 0.2) is 66.7 Å². The van der Waals surface area contributed by atoms with Crippen molar-refractivity contribution in [3.05, 3.63) is 89.0 Å². The lowest BCUT2D eigenvalue weighted by Crippen LogP contribution is -2.44. The Morgan fingerprint density at radius 2 is 1.59 bits per heavy atom. The molecule has 6 heteroatoms. The van der Waals surface area contributed by atoms with Crippen LogP contribution in [0, 0.1) is 6.92 Å². The van der Waals surface area contributed by atoms with Crippen molar-refractivity contribution in [1.29, 1.82) is 0 Å². The Kier molecular flexibility index (Phi) is 5.86. The van der Waals surface area contributed by atoms with Crippen LogP contribution in [0.25, 0.3) is 11.1 Å². The van der Waals surface area contributed by atoms with Crippen LogP contribution < -0.4 is 0 Å². The number of phenols is 1. The number of benzene rings is 3. The van der Waals surface area contributed by atoms with Crippen LogP contribution in [0.5, 0.6) is 5.75 Å². The molecule has 0 fully saturated rings. The molecule has 164 valence electrons. The molecule has 3 aromatic carbocycles. The van der Waals surface area contributed by atoms with E-state index in [4.69, 9.17) is 4.74 Å². The highest BCUT2D eigenvalue weighted by Crippen LogP contribution is 2.44. The molecule has 6 nitrogen and oxygen atoms in total. The zero-order valence-electron chi connectivity index (χ0n) is 18.0. The number of likely N-dealkylation sites (N-methyl/N-ethyl adjacent to an activating group) is 1. The predicted molar refractivity (Wildman–Crippen MR) is 121 cm³/mol. The third-order valence-corrected chi connectivity index (χ3v) is 6.12. The zero-order valence-corrected chi connectivity index (χ0v) is 18.0. The Morgan fingerprint density at radius 1 is 1.00 bits per heavy atom. The van der Waals surface area contributed by atoms with E-state index in [1.807, 2.05) is 36.4 Å². The summed E-state index contributed by atoms with van der Waals surface area (Å²) in [6, 6.07) is 19.7. The SMILES string of the molecule is Cc1cc(O)ccc1CC(C(=O)O)N(C)C(=O)OCC1c2ccccc2-c2ccccc21. The fourth-order valence-corrected chi connectivity index (χ4v) is 4.33. The van der Waals surface area contributed by atoms with Crippen LogP contribution in [0.3, 0.4) is 0 Å². The molecule has 0 spiro atoms. The zero-order chi connectivity index (χ0) is 22.8. The fourth-order valence-electron chi connectivity index (χ4n) is 4.33. The molecule has 1 unspecified atom stereocenters. The maximum absolute atomic E-state index is 12.8. The predicted octanol–water partition coefficient (Wildman–Crippen LogP) is 4.58. The molecule has 1 aliphatic rings. The fraction of sp³-hybridized carbons (Fsp3) is 0.231. The van der Waals surface area contributed by atoms with Crippen molar-refractivity contribution in [3.63, 3.8) is 0 Å². The van der Waals surface area contributed by atoms with Crippen molar-refractivity contribution < 1.29 is 24.5 Å². The number of phenolic OH excluding ortho intramolecular Hbond substituents is 1. The molecule has 32 heavy (non-hydrogen) atoms. The monoisotopic (exact) mass is 431 g/mol. The van der Waals surface area contributed by atoms with E-state index in [-0.39, 0.29) is 24.7 Å². The molecular weight excluding hydrogens is 406 g/mol. The summed E-state index contributed by atoms with van der Waals surface area (Å²) in [6.45, 7) is 1.92. The van der Waals surface area contributed by atoms with E-state index >= 15 is 0 Å². The van der Waals surface area contributed by atoms with Gasteiger partial charge in [-0.25, -0.2) is 9.59 Å². The number of aromatic hydroxyl groups is 1. The number of hydrogen-bond acceptors (Lipinski definition) is 4. The molecule has 0 aromatic heterocycles. The molecule has 0 saturated heterocycles. The second-order valence-electron chi connectivity index (χ2n) is 8.08. The molecule has 4 rings (SSSR count). The van der Waals surface area contributed by atoms with Crippen LogP contribution in [-0.2, 0) is 16.0 Å². The van der Waals surface area contributed by atoms with Crippen LogP contribution in [0.1, 0.15) is 28.2 Å². The van der Waals surface area contributed by atoms with Gasteiger partial charge in [-0.15, -0.1) is 0 Å². The van der Waals surface area contributed by atoms with E-state index in [0.717, 1.165) is 38.3 Å². The Balaban J connectivity index is 1.49. The number of carboxylic acid groups (broad SMARTS) is 1. The summed E-state index contributed by atoms with van der Waals surface area (Å²) in [5, 5.41) is 19.3. The van der Waals surface area contributed by atoms with Gasteiger partial charge in [0.15, 0.2) is 0 Å². The first-order chi connectivity index (χ1) is 15.4. The normalized spacial score (nSPS) is 13.2. The number of fused-ring (bicyclic) bond motifs is 3. The van der Waals surface area contributed by atoms with Gasteiger partial charge in [-0.05, 0) is 52.4 Å². The molecular formula is C26H25NO5. The maximum atomic E-state index is 12.8. The van der Waals surface area contributed by atoms with Gasteiger partial charge in [0, 0.05) is 19.4 Å². The summed E-state index contributed by atoms with van der Waals surface area (Å²) in [5.74, 6) is -1.10. The van der Waals surface area contributed by atoms with Crippen LogP contribution in [0.4, 0.5) is 4.79 Å². The number of rotatable bonds is 6. The first-order valence-corrected chi connectivity index (χ1v) is 10.5. The molecule has 2 N–H and O–H groups in total. The number of aryl methyl sites for hydroxylation is 1. The summed E-state index contributed by atoms with van der Waals surface area (Å²) in [5.41, 5.74) is 5.95. The minimum Gasteiger partial charge on any atom is -0.508 e. The van der Waals surface area contributed by atoms with Crippen molar-refractivity contribution in [3.8, 4) is 16.9 Å². The number of hydrogen-bond donors (Lipinski definition) is 2. The molecule has 0 heterocycles. The summed E-state index contributed by atoms with van der Waals surface area (Å²) in [6.07, 6.45) is -0.571. The van der Waals surface area contributed by atoms with Gasteiger partial charge in [0.25, 0.3) is 0 Å². The molecule has 3 aromatic rings. The Morgan fingerprint density at radius 3 is 2.16 bits per heavy atom. The van der Waals surface area contributed by atoms with Gasteiger partial charge in [-0.2, -0.15) is 0 Å². The third kappa shape index (κ3) is 4.04. The lowest BCUT2D eigenvalue weighted by atomic mass is 9.98. The van der Waals surface area contributed by atoms with E-state index in [2.05, 4.69) is 12.1 Å². The van der Waals surface area contributed by atoms with Gasteiger partial charge in [-0.3, -0.25) is 4.90 Å². The average Bonchev–Trinajstić information content (AvgIpc) is 3.10. The topological polar surface area (TPSA) is 87.1 Å². The minimum absolute atomic E-state index is 0.0950. The summed E-state index contributed by atoms with van der Waals surface area (Å²) < 4.78 is 5.60. The number of nitrogens with zero attached hydrogens (tertiary/aromatic N) is 1. The number of carboxylic acids is 1. The lowest BCUT2D eigenvalue weighted by molar-refractivity contribution is -0.142. The van der Waals surface area contributed by atoms with E-state index in [1.165, 1.54) is 13.1 Å². The molecule has 0 aliphatic heterocycles. The molecule has 1 amide bonds. The number of ether oxygens (including phenoxy) is 1. The van der Waals surface area contributed by atoms with E-state index in [0.29, 0.717) is 0 Å². The van der Waals surface area contributed by atoms with Gasteiger partial charge in [-0.1, -0.05) is 54.6 Å². The molecule has 0 radical (unpaired) electrons. The number of aliphatic carboxylic acids is 1. The Hall–Kier alpha value is -3.80. The maximum Gasteiger partial charge on any atom is 0.410 e. The van der Waals surface area contributed by atoms with Gasteiger partial charge < -0.3 is 14.9 Å². The van der Waals surface area contributed by atoms with Gasteiger partial charge in [0.2, 0.25) is 0 Å². The standard InChI is InChI=1S/C26H25NO5/c1-16-13-18(28)12-11-17(16)14-24(25(29)30)27(2)26(31)32-15-23-21-9-5-3-7-19(21)20-8-4-6-10-22(20)23/h3-13,23-24,28H,14-15H2,1-2H3,(H,29,30). The van der Waals surface area contributed by atoms with Crippen molar-refractivity contribution in [2.45, 2.75) is 25.3 Å². The molecule has 0 bridgehead atoms. The van der Waals surface area contributed by atoms with Crippen LogP contribution >= 0.6 is 0 Å². The first-order valence-electron chi connectivity index (χ1n) is 10.5. The quantitative estimate of drug-likeness (QED) is 0.597. The highest BCUT2D eigenvalue weighted by atomic mass is 16.6. The number of carbonyl (C=O) groups is 2. The summed E-state index contributed by atoms with van der Waals surface area (Å²) >= 11 is 0. The van der Waals surface area contributed by atoms with Crippen molar-refractivity contribution in [1.82, 2.24) is 4.90 Å². The third-order valence-electron chi connectivity index (χ3n) is 6.12. The highest BCUT2D eigenvalue weighted by molar-refractivity contribution is 5.81. The Bertz CT molecular complexity index is 1130. The molecule has 1 aliphatic carbocycles. The van der Waals surface area contributed by atoms with Crippen molar-refractivity contribution in [2.24, 2.45) is 0 Å². The van der Waals surface area contributed by atoms with Crippen molar-refractivity contribution in [2.75, 3.05) is 13.7 Å². The second-order valence-corrected chi connectivity index (χ2v) is 8.08. The number of amides is 1. The lowest BCUT2D eigenvalue weighted by Gasteiger charge is -2.26. The van der Waals surface area contributed by atoms with Crippen LogP contribution in [-0.4, -0.2) is 46.9 Å². The van der Waals surface area contributed by atoms with E-state index in [9.17, 15) is 19.8 Å². The molecule has 1 atom stereocenters. The second kappa shape index (κ2) is 8.75. The number of carbonyl (C=O) groups excluding carboxylic acids is 1. The summed E-state index contributed by atoms with van der Waals surface area (Å²) in [4.78, 5) is 25.8. The van der Waals surface area contributed by atoms with Crippen molar-refractivity contribution >= 4 is 12.1 Å². The van der Waals surface area contributed by atoms with Gasteiger partial charge in [0.1, 0.15) is 18.4 Å². The largest absolute Gasteiger partial charge is 0.508 e.